The van der Waals surface area contributed by atoms with Crippen LogP contribution < -0.4 is 0 Å². The van der Waals surface area contributed by atoms with Crippen molar-refractivity contribution in [2.24, 2.45) is 5.92 Å². The van der Waals surface area contributed by atoms with Gasteiger partial charge in [-0.2, -0.15) is 0 Å². The summed E-state index contributed by atoms with van der Waals surface area (Å²) < 4.78 is 0. The molecule has 0 amide bonds. The molecule has 0 radical (unpaired) electrons. The van der Waals surface area contributed by atoms with E-state index in [4.69, 9.17) is 0 Å². The first-order valence-electron chi connectivity index (χ1n) is 8.71. The number of hydrogen-bond acceptors (Lipinski definition) is 3. The maximum atomic E-state index is 12.5. The van der Waals surface area contributed by atoms with E-state index in [0.29, 0.717) is 11.1 Å². The van der Waals surface area contributed by atoms with Crippen LogP contribution in [0.5, 0.6) is 0 Å². The molecule has 0 spiro atoms. The Balaban J connectivity index is 2.02. The van der Waals surface area contributed by atoms with Gasteiger partial charge in [0, 0.05) is 12.0 Å². The van der Waals surface area contributed by atoms with Gasteiger partial charge in [-0.15, -0.1) is 0 Å². The highest BCUT2D eigenvalue weighted by Gasteiger charge is 2.30. The molecule has 0 aliphatic carbocycles. The van der Waals surface area contributed by atoms with Crippen LogP contribution in [0.25, 0.3) is 16.8 Å². The number of benzene rings is 3. The molecule has 0 saturated heterocycles. The van der Waals surface area contributed by atoms with Crippen LogP contribution in [0.15, 0.2) is 78.4 Å². The van der Waals surface area contributed by atoms with Crippen LogP contribution in [-0.2, 0) is 9.59 Å². The van der Waals surface area contributed by atoms with Crippen molar-refractivity contribution >= 4 is 34.6 Å². The van der Waals surface area contributed by atoms with Crippen molar-refractivity contribution in [1.29, 1.82) is 0 Å². The maximum Gasteiger partial charge on any atom is 0.332 e. The van der Waals surface area contributed by atoms with Crippen molar-refractivity contribution in [2.75, 3.05) is 0 Å². The molecule has 0 bridgehead atoms. The van der Waals surface area contributed by atoms with Gasteiger partial charge < -0.3 is 10.2 Å². The van der Waals surface area contributed by atoms with Crippen LogP contribution in [0.2, 0.25) is 0 Å². The molecule has 0 saturated carbocycles. The number of aliphatic carboxylic acids is 2. The summed E-state index contributed by atoms with van der Waals surface area (Å²) in [5.41, 5.74) is 0.616. The number of rotatable bonds is 7. The average Bonchev–Trinajstić information content (AvgIpc) is 2.70. The third kappa shape index (κ3) is 4.15. The Hall–Kier alpha value is -3.73. The van der Waals surface area contributed by atoms with E-state index in [-0.39, 0.29) is 5.57 Å². The highest BCUT2D eigenvalue weighted by molar-refractivity contribution is 6.05. The number of ketones is 1. The summed E-state index contributed by atoms with van der Waals surface area (Å²) in [4.78, 5) is 36.1. The van der Waals surface area contributed by atoms with Crippen molar-refractivity contribution in [3.63, 3.8) is 0 Å². The number of Topliss-reactive ketones (excluding diaryl/α,β-unsaturated/α-hetero) is 1. The van der Waals surface area contributed by atoms with E-state index in [0.717, 1.165) is 10.8 Å². The molecule has 5 heteroatoms. The lowest BCUT2D eigenvalue weighted by Gasteiger charge is -2.14. The first-order valence-corrected chi connectivity index (χ1v) is 8.71. The van der Waals surface area contributed by atoms with Gasteiger partial charge >= 0.3 is 11.9 Å². The Labute approximate surface area is 161 Å². The predicted octanol–water partition coefficient (Wildman–Crippen LogP) is 4.28. The molecule has 0 aliphatic rings. The largest absolute Gasteiger partial charge is 0.481 e. The zero-order valence-electron chi connectivity index (χ0n) is 14.9. The van der Waals surface area contributed by atoms with Crippen molar-refractivity contribution < 1.29 is 24.6 Å². The summed E-state index contributed by atoms with van der Waals surface area (Å²) in [6.07, 6.45) is 0.921. The lowest BCUT2D eigenvalue weighted by atomic mass is 9.89. The first kappa shape index (κ1) is 19.0. The van der Waals surface area contributed by atoms with Gasteiger partial charge in [-0.05, 0) is 22.4 Å². The zero-order valence-corrected chi connectivity index (χ0v) is 14.9. The molecule has 0 aromatic heterocycles. The average molecular weight is 374 g/mol. The van der Waals surface area contributed by atoms with E-state index in [1.54, 1.807) is 42.5 Å². The van der Waals surface area contributed by atoms with Crippen LogP contribution in [0.3, 0.4) is 0 Å². The van der Waals surface area contributed by atoms with Gasteiger partial charge in [0.2, 0.25) is 0 Å². The van der Waals surface area contributed by atoms with Gasteiger partial charge in [-0.3, -0.25) is 9.59 Å². The third-order valence-electron chi connectivity index (χ3n) is 4.54. The molecule has 2 N–H and O–H groups in total. The number of fused-ring (bicyclic) bond motifs is 1. The molecule has 0 heterocycles. The third-order valence-corrected chi connectivity index (χ3v) is 4.54. The van der Waals surface area contributed by atoms with Gasteiger partial charge in [0.25, 0.3) is 0 Å². The summed E-state index contributed by atoms with van der Waals surface area (Å²) in [7, 11) is 0. The molecular weight excluding hydrogens is 356 g/mol. The first-order chi connectivity index (χ1) is 13.5. The van der Waals surface area contributed by atoms with Crippen molar-refractivity contribution in [3.05, 3.63) is 89.5 Å². The molecule has 3 aromatic rings. The molecule has 28 heavy (non-hydrogen) atoms. The van der Waals surface area contributed by atoms with Crippen LogP contribution in [0.4, 0.5) is 0 Å². The van der Waals surface area contributed by atoms with Gasteiger partial charge in [-0.1, -0.05) is 72.8 Å². The molecule has 1 atom stereocenters. The Morgan fingerprint density at radius 3 is 2.14 bits per heavy atom. The Kier molecular flexibility index (Phi) is 5.65. The number of carbonyl (C=O) groups is 3. The zero-order chi connectivity index (χ0) is 20.1. The van der Waals surface area contributed by atoms with Crippen molar-refractivity contribution in [1.82, 2.24) is 0 Å². The number of hydrogen-bond donors (Lipinski definition) is 2. The minimum absolute atomic E-state index is 0.326. The summed E-state index contributed by atoms with van der Waals surface area (Å²) >= 11 is 0. The number of carbonyl (C=O) groups excluding carboxylic acids is 1. The second kappa shape index (κ2) is 8.31. The topological polar surface area (TPSA) is 91.7 Å². The molecule has 1 unspecified atom stereocenters. The summed E-state index contributed by atoms with van der Waals surface area (Å²) in [5.74, 6) is -4.58. The second-order valence-corrected chi connectivity index (χ2v) is 6.36. The SMILES string of the molecule is O=C(O)C(=Cc1cccc2ccccc12)C(CC(=O)c1ccccc1)C(=O)O. The fourth-order valence-corrected chi connectivity index (χ4v) is 3.11. The summed E-state index contributed by atoms with van der Waals surface area (Å²) in [6, 6.07) is 21.1. The monoisotopic (exact) mass is 374 g/mol. The van der Waals surface area contributed by atoms with Gasteiger partial charge in [0.15, 0.2) is 5.78 Å². The Bertz CT molecular complexity index is 1060. The van der Waals surface area contributed by atoms with Crippen LogP contribution in [0.1, 0.15) is 22.3 Å². The molecule has 3 aromatic carbocycles. The van der Waals surface area contributed by atoms with Gasteiger partial charge in [-0.25, -0.2) is 4.79 Å². The maximum absolute atomic E-state index is 12.5. The smallest absolute Gasteiger partial charge is 0.332 e. The van der Waals surface area contributed by atoms with Crippen LogP contribution in [-0.4, -0.2) is 27.9 Å². The summed E-state index contributed by atoms with van der Waals surface area (Å²) in [5, 5.41) is 21.0. The van der Waals surface area contributed by atoms with Gasteiger partial charge in [0.1, 0.15) is 0 Å². The van der Waals surface area contributed by atoms with Crippen molar-refractivity contribution in [2.45, 2.75) is 6.42 Å². The normalized spacial score (nSPS) is 12.5. The van der Waals surface area contributed by atoms with E-state index in [9.17, 15) is 24.6 Å². The fraction of sp³-hybridized carbons (Fsp3) is 0.0870. The Morgan fingerprint density at radius 2 is 1.46 bits per heavy atom. The molecular formula is C23H18O5. The molecule has 0 fully saturated rings. The molecule has 0 aliphatic heterocycles. The van der Waals surface area contributed by atoms with Crippen molar-refractivity contribution in [3.8, 4) is 0 Å². The standard InChI is InChI=1S/C23H18O5/c24-21(16-8-2-1-3-9-16)14-20(23(27)28)19(22(25)26)13-17-11-6-10-15-7-4-5-12-18(15)17/h1-13,20H,14H2,(H,25,26)(H,27,28). The highest BCUT2D eigenvalue weighted by atomic mass is 16.4. The van der Waals surface area contributed by atoms with E-state index < -0.39 is 30.1 Å². The minimum atomic E-state index is -1.45. The van der Waals surface area contributed by atoms with Crippen LogP contribution >= 0.6 is 0 Å². The second-order valence-electron chi connectivity index (χ2n) is 6.36. The number of carboxylic acids is 2. The Morgan fingerprint density at radius 1 is 0.821 bits per heavy atom. The molecule has 140 valence electrons. The highest BCUT2D eigenvalue weighted by Crippen LogP contribution is 2.26. The number of carboxylic acid groups (broad SMARTS) is 2. The quantitative estimate of drug-likeness (QED) is 0.476. The predicted molar refractivity (Wildman–Crippen MR) is 106 cm³/mol. The fourth-order valence-electron chi connectivity index (χ4n) is 3.11. The van der Waals surface area contributed by atoms with E-state index in [1.165, 1.54) is 6.08 Å². The van der Waals surface area contributed by atoms with E-state index >= 15 is 0 Å². The minimum Gasteiger partial charge on any atom is -0.481 e. The molecule has 3 rings (SSSR count). The lowest BCUT2D eigenvalue weighted by Crippen LogP contribution is -2.24. The molecule has 5 nitrogen and oxygen atoms in total. The van der Waals surface area contributed by atoms with Crippen LogP contribution in [0, 0.1) is 5.92 Å². The van der Waals surface area contributed by atoms with Gasteiger partial charge in [0.05, 0.1) is 11.5 Å². The van der Waals surface area contributed by atoms with E-state index in [2.05, 4.69) is 0 Å². The lowest BCUT2D eigenvalue weighted by molar-refractivity contribution is -0.143. The van der Waals surface area contributed by atoms with E-state index in [1.807, 2.05) is 30.3 Å². The summed E-state index contributed by atoms with van der Waals surface area (Å²) in [6.45, 7) is 0.